The number of hydrogen-bond donors (Lipinski definition) is 1. The number of carbonyl (C=O) groups excluding carboxylic acids is 1. The zero-order valence-electron chi connectivity index (χ0n) is 17.1. The Hall–Kier alpha value is -2.97. The molecule has 0 heterocycles. The predicted octanol–water partition coefficient (Wildman–Crippen LogP) is 4.41. The minimum atomic E-state index is -3.96. The van der Waals surface area contributed by atoms with E-state index in [0.29, 0.717) is 5.69 Å². The smallest absolute Gasteiger partial charge is 0.264 e. The Labute approximate surface area is 190 Å². The van der Waals surface area contributed by atoms with Crippen LogP contribution in [-0.4, -0.2) is 27.1 Å². The van der Waals surface area contributed by atoms with Gasteiger partial charge in [0.15, 0.2) is 0 Å². The van der Waals surface area contributed by atoms with Crippen LogP contribution in [-0.2, 0) is 14.8 Å². The van der Waals surface area contributed by atoms with Gasteiger partial charge in [-0.05, 0) is 60.9 Å². The number of aryl methyl sites for hydroxylation is 1. The Morgan fingerprint density at radius 2 is 1.74 bits per heavy atom. The highest BCUT2D eigenvalue weighted by Crippen LogP contribution is 2.28. The maximum Gasteiger partial charge on any atom is 0.264 e. The van der Waals surface area contributed by atoms with Crippen molar-refractivity contribution >= 4 is 43.8 Å². The molecule has 3 aromatic carbocycles. The number of nitrogens with zero attached hydrogens (tertiary/aromatic N) is 2. The maximum absolute atomic E-state index is 13.4. The van der Waals surface area contributed by atoms with E-state index in [2.05, 4.69) is 26.5 Å². The Morgan fingerprint density at radius 1 is 1.03 bits per heavy atom. The second-order valence-corrected chi connectivity index (χ2v) is 9.67. The van der Waals surface area contributed by atoms with Crippen LogP contribution in [0.25, 0.3) is 0 Å². The van der Waals surface area contributed by atoms with Crippen LogP contribution in [0.3, 0.4) is 0 Å². The summed E-state index contributed by atoms with van der Waals surface area (Å²) in [5, 5.41) is 3.96. The molecule has 0 aliphatic carbocycles. The minimum absolute atomic E-state index is 0.112. The first-order valence-corrected chi connectivity index (χ1v) is 11.7. The molecule has 3 rings (SSSR count). The number of hydrazone groups is 1. The van der Waals surface area contributed by atoms with Crippen LogP contribution in [0, 0.1) is 13.8 Å². The molecule has 8 heteroatoms. The maximum atomic E-state index is 13.4. The quantitative estimate of drug-likeness (QED) is 0.386. The molecule has 1 N–H and O–H groups in total. The molecule has 0 saturated heterocycles. The summed E-state index contributed by atoms with van der Waals surface area (Å²) in [4.78, 5) is 12.7. The van der Waals surface area contributed by atoms with Gasteiger partial charge in [-0.3, -0.25) is 9.10 Å². The number of nitrogens with one attached hydrogen (secondary N) is 1. The lowest BCUT2D eigenvalue weighted by Gasteiger charge is -2.26. The van der Waals surface area contributed by atoms with Gasteiger partial charge >= 0.3 is 0 Å². The van der Waals surface area contributed by atoms with Crippen molar-refractivity contribution in [3.8, 4) is 0 Å². The summed E-state index contributed by atoms with van der Waals surface area (Å²) in [6.07, 6.45) is 1.50. The predicted molar refractivity (Wildman–Crippen MR) is 127 cm³/mol. The molecule has 0 aliphatic rings. The molecule has 3 aromatic rings. The molecule has 31 heavy (non-hydrogen) atoms. The van der Waals surface area contributed by atoms with E-state index in [1.165, 1.54) is 18.3 Å². The van der Waals surface area contributed by atoms with Gasteiger partial charge in [0, 0.05) is 4.47 Å². The molecule has 0 atom stereocenters. The first-order chi connectivity index (χ1) is 14.8. The normalized spacial score (nSPS) is 11.5. The SMILES string of the molecule is Cc1cccc(N(CC(=O)NN=Cc2cccc(Br)c2)S(=O)(=O)c2ccccc2)c1C. The fourth-order valence-corrected chi connectivity index (χ4v) is 4.87. The number of rotatable bonds is 7. The van der Waals surface area contributed by atoms with Gasteiger partial charge in [0.25, 0.3) is 15.9 Å². The molecule has 0 radical (unpaired) electrons. The number of sulfonamides is 1. The van der Waals surface area contributed by atoms with Gasteiger partial charge in [-0.1, -0.05) is 58.4 Å². The molecule has 160 valence electrons. The Bertz CT molecular complexity index is 1210. The van der Waals surface area contributed by atoms with E-state index in [1.807, 2.05) is 44.2 Å². The summed E-state index contributed by atoms with van der Waals surface area (Å²) < 4.78 is 28.7. The highest BCUT2D eigenvalue weighted by molar-refractivity contribution is 9.10. The number of hydrogen-bond acceptors (Lipinski definition) is 4. The van der Waals surface area contributed by atoms with Crippen molar-refractivity contribution < 1.29 is 13.2 Å². The van der Waals surface area contributed by atoms with Crippen molar-refractivity contribution in [1.82, 2.24) is 5.43 Å². The van der Waals surface area contributed by atoms with Gasteiger partial charge < -0.3 is 0 Å². The number of anilines is 1. The van der Waals surface area contributed by atoms with Crippen LogP contribution < -0.4 is 9.73 Å². The van der Waals surface area contributed by atoms with Gasteiger partial charge in [0.05, 0.1) is 16.8 Å². The second-order valence-electron chi connectivity index (χ2n) is 6.89. The summed E-state index contributed by atoms with van der Waals surface area (Å²) in [5.74, 6) is -0.549. The average molecular weight is 500 g/mol. The summed E-state index contributed by atoms with van der Waals surface area (Å²) in [6.45, 7) is 3.33. The Balaban J connectivity index is 1.88. The van der Waals surface area contributed by atoms with E-state index in [1.54, 1.807) is 30.3 Å². The van der Waals surface area contributed by atoms with E-state index in [-0.39, 0.29) is 4.90 Å². The first-order valence-electron chi connectivity index (χ1n) is 9.50. The molecule has 0 fully saturated rings. The highest BCUT2D eigenvalue weighted by Gasteiger charge is 2.28. The molecule has 6 nitrogen and oxygen atoms in total. The van der Waals surface area contributed by atoms with Crippen LogP contribution >= 0.6 is 15.9 Å². The third kappa shape index (κ3) is 5.59. The number of amides is 1. The summed E-state index contributed by atoms with van der Waals surface area (Å²) >= 11 is 3.38. The van der Waals surface area contributed by atoms with E-state index in [9.17, 15) is 13.2 Å². The fourth-order valence-electron chi connectivity index (χ4n) is 2.96. The zero-order chi connectivity index (χ0) is 22.4. The molecule has 1 amide bonds. The van der Waals surface area contributed by atoms with Gasteiger partial charge in [-0.25, -0.2) is 13.8 Å². The second kappa shape index (κ2) is 9.89. The van der Waals surface area contributed by atoms with Crippen molar-refractivity contribution in [2.45, 2.75) is 18.7 Å². The molecule has 0 aromatic heterocycles. The summed E-state index contributed by atoms with van der Waals surface area (Å²) in [5.41, 5.74) is 5.38. The minimum Gasteiger partial charge on any atom is -0.271 e. The number of benzene rings is 3. The van der Waals surface area contributed by atoms with Crippen LogP contribution in [0.2, 0.25) is 0 Å². The van der Waals surface area contributed by atoms with Gasteiger partial charge in [0.2, 0.25) is 0 Å². The monoisotopic (exact) mass is 499 g/mol. The lowest BCUT2D eigenvalue weighted by atomic mass is 10.1. The van der Waals surface area contributed by atoms with E-state index in [0.717, 1.165) is 25.5 Å². The molecule has 0 bridgehead atoms. The summed E-state index contributed by atoms with van der Waals surface area (Å²) in [6, 6.07) is 20.8. The Morgan fingerprint density at radius 3 is 2.45 bits per heavy atom. The third-order valence-electron chi connectivity index (χ3n) is 4.71. The van der Waals surface area contributed by atoms with Crippen LogP contribution in [0.4, 0.5) is 5.69 Å². The lowest BCUT2D eigenvalue weighted by Crippen LogP contribution is -2.40. The van der Waals surface area contributed by atoms with E-state index < -0.39 is 22.5 Å². The van der Waals surface area contributed by atoms with Crippen molar-refractivity contribution in [2.75, 3.05) is 10.8 Å². The molecule has 0 spiro atoms. The Kier molecular flexibility index (Phi) is 7.25. The van der Waals surface area contributed by atoms with Crippen molar-refractivity contribution in [3.63, 3.8) is 0 Å². The van der Waals surface area contributed by atoms with Crippen molar-refractivity contribution in [2.24, 2.45) is 5.10 Å². The van der Waals surface area contributed by atoms with E-state index >= 15 is 0 Å². The molecule has 0 aliphatic heterocycles. The first kappa shape index (κ1) is 22.7. The average Bonchev–Trinajstić information content (AvgIpc) is 2.75. The lowest BCUT2D eigenvalue weighted by molar-refractivity contribution is -0.119. The standard InChI is InChI=1S/C23H22BrN3O3S/c1-17-8-6-13-22(18(17)2)27(31(29,30)21-11-4-3-5-12-21)16-23(28)26-25-15-19-9-7-10-20(24)14-19/h3-15H,16H2,1-2H3,(H,26,28). The van der Waals surface area contributed by atoms with Gasteiger partial charge in [-0.15, -0.1) is 0 Å². The van der Waals surface area contributed by atoms with Crippen LogP contribution in [0.15, 0.2) is 87.3 Å². The van der Waals surface area contributed by atoms with Crippen LogP contribution in [0.1, 0.15) is 16.7 Å². The summed E-state index contributed by atoms with van der Waals surface area (Å²) in [7, 11) is -3.96. The van der Waals surface area contributed by atoms with Gasteiger partial charge in [0.1, 0.15) is 6.54 Å². The molecule has 0 saturated carbocycles. The topological polar surface area (TPSA) is 78.8 Å². The zero-order valence-corrected chi connectivity index (χ0v) is 19.5. The molecular weight excluding hydrogens is 478 g/mol. The molecule has 0 unspecified atom stereocenters. The molecular formula is C23H22BrN3O3S. The fraction of sp³-hybridized carbons (Fsp3) is 0.130. The third-order valence-corrected chi connectivity index (χ3v) is 6.98. The van der Waals surface area contributed by atoms with Crippen molar-refractivity contribution in [3.05, 3.63) is 94.0 Å². The number of halogens is 1. The van der Waals surface area contributed by atoms with Crippen LogP contribution in [0.5, 0.6) is 0 Å². The van der Waals surface area contributed by atoms with Gasteiger partial charge in [-0.2, -0.15) is 5.10 Å². The largest absolute Gasteiger partial charge is 0.271 e. The van der Waals surface area contributed by atoms with E-state index in [4.69, 9.17) is 0 Å². The number of carbonyl (C=O) groups is 1. The van der Waals surface area contributed by atoms with Crippen molar-refractivity contribution in [1.29, 1.82) is 0 Å². The highest BCUT2D eigenvalue weighted by atomic mass is 79.9.